The molecule has 0 spiro atoms. The van der Waals surface area contributed by atoms with Gasteiger partial charge < -0.3 is 10.2 Å². The van der Waals surface area contributed by atoms with Crippen LogP contribution in [-0.2, 0) is 4.79 Å². The van der Waals surface area contributed by atoms with Crippen molar-refractivity contribution >= 4 is 5.97 Å². The van der Waals surface area contributed by atoms with Crippen LogP contribution < -0.4 is 0 Å². The minimum absolute atomic E-state index is 0.0831. The number of alkyl halides is 2. The fourth-order valence-corrected chi connectivity index (χ4v) is 2.92. The van der Waals surface area contributed by atoms with Gasteiger partial charge >= 0.3 is 11.9 Å². The molecule has 3 atom stereocenters. The minimum Gasteiger partial charge on any atom is -0.477 e. The highest BCUT2D eigenvalue weighted by Crippen LogP contribution is 2.48. The van der Waals surface area contributed by atoms with E-state index in [0.717, 1.165) is 6.42 Å². The Morgan fingerprint density at radius 2 is 1.94 bits per heavy atom. The molecule has 0 aromatic rings. The molecule has 1 aliphatic rings. The van der Waals surface area contributed by atoms with Crippen LogP contribution in [0.2, 0.25) is 0 Å². The van der Waals surface area contributed by atoms with Crippen LogP contribution in [0.4, 0.5) is 8.78 Å². The first-order chi connectivity index (χ1) is 7.63. The molecule has 2 N–H and O–H groups in total. The van der Waals surface area contributed by atoms with Gasteiger partial charge in [0.15, 0.2) is 0 Å². The molecule has 5 heteroatoms. The van der Waals surface area contributed by atoms with E-state index in [4.69, 9.17) is 5.11 Å². The predicted octanol–water partition coefficient (Wildman–Crippen LogP) is 2.53. The van der Waals surface area contributed by atoms with E-state index in [-0.39, 0.29) is 18.3 Å². The van der Waals surface area contributed by atoms with Gasteiger partial charge in [-0.1, -0.05) is 27.2 Å². The summed E-state index contributed by atoms with van der Waals surface area (Å²) in [6.07, 6.45) is 1.04. The van der Waals surface area contributed by atoms with E-state index in [1.807, 2.05) is 0 Å². The van der Waals surface area contributed by atoms with E-state index in [1.54, 1.807) is 20.8 Å². The summed E-state index contributed by atoms with van der Waals surface area (Å²) in [4.78, 5) is 10.7. The van der Waals surface area contributed by atoms with Crippen molar-refractivity contribution in [1.82, 2.24) is 0 Å². The monoisotopic (exact) mass is 250 g/mol. The molecule has 0 aliphatic heterocycles. The lowest BCUT2D eigenvalue weighted by Gasteiger charge is -2.46. The zero-order chi connectivity index (χ0) is 13.4. The van der Waals surface area contributed by atoms with Gasteiger partial charge in [0, 0.05) is 0 Å². The average Bonchev–Trinajstić information content (AvgIpc) is 2.16. The van der Waals surface area contributed by atoms with Crippen molar-refractivity contribution in [2.24, 2.45) is 17.8 Å². The molecular weight excluding hydrogens is 230 g/mol. The number of halogens is 2. The van der Waals surface area contributed by atoms with E-state index in [9.17, 15) is 18.7 Å². The summed E-state index contributed by atoms with van der Waals surface area (Å²) in [6.45, 7) is 5.24. The number of carboxylic acid groups (broad SMARTS) is 1. The van der Waals surface area contributed by atoms with Crippen LogP contribution in [0.5, 0.6) is 0 Å². The highest BCUT2D eigenvalue weighted by molar-refractivity contribution is 5.77. The number of aliphatic hydroxyl groups is 1. The maximum Gasteiger partial charge on any atom is 0.377 e. The Morgan fingerprint density at radius 1 is 1.41 bits per heavy atom. The zero-order valence-corrected chi connectivity index (χ0v) is 10.4. The van der Waals surface area contributed by atoms with E-state index in [1.165, 1.54) is 0 Å². The second-order valence-electron chi connectivity index (χ2n) is 5.54. The van der Waals surface area contributed by atoms with Crippen LogP contribution in [0.15, 0.2) is 0 Å². The van der Waals surface area contributed by atoms with E-state index < -0.39 is 23.4 Å². The summed E-state index contributed by atoms with van der Waals surface area (Å²) in [7, 11) is 0. The SMILES string of the molecule is CC1CCC(C(C)C)C(O)(C(F)(F)C(=O)O)C1. The molecule has 3 unspecified atom stereocenters. The number of hydrogen-bond donors (Lipinski definition) is 2. The molecule has 1 rings (SSSR count). The van der Waals surface area contributed by atoms with E-state index in [0.29, 0.717) is 6.42 Å². The number of carboxylic acids is 1. The van der Waals surface area contributed by atoms with Crippen LogP contribution in [-0.4, -0.2) is 27.7 Å². The maximum absolute atomic E-state index is 13.8. The van der Waals surface area contributed by atoms with Gasteiger partial charge in [-0.25, -0.2) is 4.79 Å². The van der Waals surface area contributed by atoms with Gasteiger partial charge in [0.05, 0.1) is 0 Å². The first kappa shape index (κ1) is 14.4. The topological polar surface area (TPSA) is 57.5 Å². The molecule has 1 saturated carbocycles. The number of hydrogen-bond acceptors (Lipinski definition) is 2. The molecule has 0 aromatic heterocycles. The normalized spacial score (nSPS) is 35.0. The zero-order valence-electron chi connectivity index (χ0n) is 10.4. The van der Waals surface area contributed by atoms with Crippen molar-refractivity contribution in [3.8, 4) is 0 Å². The van der Waals surface area contributed by atoms with Gasteiger partial charge in [-0.3, -0.25) is 0 Å². The Labute approximate surface area is 99.8 Å². The van der Waals surface area contributed by atoms with Gasteiger partial charge in [0.1, 0.15) is 5.60 Å². The van der Waals surface area contributed by atoms with Crippen LogP contribution in [0.1, 0.15) is 40.0 Å². The lowest BCUT2D eigenvalue weighted by Crippen LogP contribution is -2.61. The molecule has 0 amide bonds. The lowest BCUT2D eigenvalue weighted by atomic mass is 9.64. The van der Waals surface area contributed by atoms with Crippen molar-refractivity contribution in [3.05, 3.63) is 0 Å². The third kappa shape index (κ3) is 2.30. The number of carbonyl (C=O) groups is 1. The minimum atomic E-state index is -4.09. The summed E-state index contributed by atoms with van der Waals surface area (Å²) < 4.78 is 27.5. The second kappa shape index (κ2) is 4.52. The standard InChI is InChI=1S/C12H20F2O3/c1-7(2)9-5-4-8(3)6-11(9,17)12(13,14)10(15)16/h7-9,17H,4-6H2,1-3H3,(H,15,16). The van der Waals surface area contributed by atoms with Gasteiger partial charge in [-0.2, -0.15) is 8.78 Å². The Kier molecular flexibility index (Phi) is 3.81. The predicted molar refractivity (Wildman–Crippen MR) is 58.9 cm³/mol. The highest BCUT2D eigenvalue weighted by atomic mass is 19.3. The van der Waals surface area contributed by atoms with Crippen molar-refractivity contribution in [1.29, 1.82) is 0 Å². The van der Waals surface area contributed by atoms with Gasteiger partial charge in [0.2, 0.25) is 0 Å². The molecule has 1 fully saturated rings. The van der Waals surface area contributed by atoms with E-state index >= 15 is 0 Å². The largest absolute Gasteiger partial charge is 0.477 e. The first-order valence-electron chi connectivity index (χ1n) is 5.96. The first-order valence-corrected chi connectivity index (χ1v) is 5.96. The Bertz CT molecular complexity index is 304. The van der Waals surface area contributed by atoms with E-state index in [2.05, 4.69) is 0 Å². The molecule has 100 valence electrons. The molecule has 0 radical (unpaired) electrons. The van der Waals surface area contributed by atoms with Crippen molar-refractivity contribution < 1.29 is 23.8 Å². The molecule has 3 nitrogen and oxygen atoms in total. The fourth-order valence-electron chi connectivity index (χ4n) is 2.92. The Morgan fingerprint density at radius 3 is 2.35 bits per heavy atom. The molecule has 0 bridgehead atoms. The molecule has 0 saturated heterocycles. The van der Waals surface area contributed by atoms with Crippen LogP contribution in [0.25, 0.3) is 0 Å². The maximum atomic E-state index is 13.8. The highest BCUT2D eigenvalue weighted by Gasteiger charge is 2.64. The van der Waals surface area contributed by atoms with Crippen LogP contribution in [0.3, 0.4) is 0 Å². The smallest absolute Gasteiger partial charge is 0.377 e. The van der Waals surface area contributed by atoms with Crippen LogP contribution in [0, 0.1) is 17.8 Å². The number of aliphatic carboxylic acids is 1. The summed E-state index contributed by atoms with van der Waals surface area (Å²) in [5.41, 5.74) is -2.43. The lowest BCUT2D eigenvalue weighted by molar-refractivity contribution is -0.240. The van der Waals surface area contributed by atoms with Crippen LogP contribution >= 0.6 is 0 Å². The molecule has 0 heterocycles. The second-order valence-corrected chi connectivity index (χ2v) is 5.54. The van der Waals surface area contributed by atoms with Crippen molar-refractivity contribution in [2.75, 3.05) is 0 Å². The third-order valence-electron chi connectivity index (χ3n) is 3.86. The molecule has 17 heavy (non-hydrogen) atoms. The van der Waals surface area contributed by atoms with Gasteiger partial charge in [-0.05, 0) is 30.6 Å². The summed E-state index contributed by atoms with van der Waals surface area (Å²) >= 11 is 0. The third-order valence-corrected chi connectivity index (χ3v) is 3.86. The Hall–Kier alpha value is -0.710. The number of rotatable bonds is 3. The molecular formula is C12H20F2O3. The quantitative estimate of drug-likeness (QED) is 0.809. The van der Waals surface area contributed by atoms with Gasteiger partial charge in [-0.15, -0.1) is 0 Å². The Balaban J connectivity index is 3.13. The molecule has 0 aromatic carbocycles. The fraction of sp³-hybridized carbons (Fsp3) is 0.917. The summed E-state index contributed by atoms with van der Waals surface area (Å²) in [5, 5.41) is 18.9. The van der Waals surface area contributed by atoms with Gasteiger partial charge in [0.25, 0.3) is 0 Å². The summed E-state index contributed by atoms with van der Waals surface area (Å²) in [6, 6.07) is 0. The summed E-state index contributed by atoms with van der Waals surface area (Å²) in [5.74, 6) is -7.25. The average molecular weight is 250 g/mol. The molecule has 1 aliphatic carbocycles. The van der Waals surface area contributed by atoms with Crippen molar-refractivity contribution in [3.63, 3.8) is 0 Å². The van der Waals surface area contributed by atoms with Crippen molar-refractivity contribution in [2.45, 2.75) is 51.6 Å².